The molecule has 1 spiro atoms. The molecule has 25 heavy (non-hydrogen) atoms. The maximum absolute atomic E-state index is 12.6. The molecule has 2 N–H and O–H groups in total. The van der Waals surface area contributed by atoms with Gasteiger partial charge in [0.2, 0.25) is 11.8 Å². The van der Waals surface area contributed by atoms with Crippen LogP contribution in [-0.4, -0.2) is 43.7 Å². The van der Waals surface area contributed by atoms with E-state index in [1.165, 1.54) is 0 Å². The third kappa shape index (κ3) is 3.92. The summed E-state index contributed by atoms with van der Waals surface area (Å²) >= 11 is 0. The highest BCUT2D eigenvalue weighted by molar-refractivity contribution is 5.81. The Morgan fingerprint density at radius 1 is 1.40 bits per heavy atom. The highest BCUT2D eigenvalue weighted by Gasteiger charge is 2.51. The van der Waals surface area contributed by atoms with E-state index in [1.54, 1.807) is 26.3 Å². The van der Waals surface area contributed by atoms with Crippen LogP contribution in [-0.2, 0) is 14.3 Å². The number of hydrogen-bond donors (Lipinski definition) is 2. The van der Waals surface area contributed by atoms with E-state index in [4.69, 9.17) is 9.47 Å². The molecule has 2 aliphatic rings. The van der Waals surface area contributed by atoms with Gasteiger partial charge < -0.3 is 20.1 Å². The van der Waals surface area contributed by atoms with Crippen molar-refractivity contribution < 1.29 is 19.1 Å². The first-order valence-electron chi connectivity index (χ1n) is 8.72. The van der Waals surface area contributed by atoms with Crippen LogP contribution >= 0.6 is 0 Å². The second-order valence-electron chi connectivity index (χ2n) is 6.91. The largest absolute Gasteiger partial charge is 0.481 e. The smallest absolute Gasteiger partial charge is 0.308 e. The number of pyridine rings is 1. The molecular weight excluding hydrogens is 322 g/mol. The number of rotatable bonds is 7. The Morgan fingerprint density at radius 2 is 2.16 bits per heavy atom. The SMILES string of the molecule is CCOC(=O)C[C@H](NC(=O)C1CC2(CNC2)C1)c1ccc(OC)nc1. The number of carbonyl (C=O) groups is 2. The van der Waals surface area contributed by atoms with E-state index in [0.29, 0.717) is 17.9 Å². The van der Waals surface area contributed by atoms with Gasteiger partial charge in [-0.3, -0.25) is 9.59 Å². The third-order valence-electron chi connectivity index (χ3n) is 5.09. The number of nitrogens with one attached hydrogen (secondary N) is 2. The van der Waals surface area contributed by atoms with E-state index in [2.05, 4.69) is 15.6 Å². The van der Waals surface area contributed by atoms with Crippen LogP contribution in [0.2, 0.25) is 0 Å². The van der Waals surface area contributed by atoms with Gasteiger partial charge in [0.1, 0.15) is 0 Å². The molecule has 0 unspecified atom stereocenters. The Bertz CT molecular complexity index is 620. The second kappa shape index (κ2) is 7.39. The number of aromatic nitrogens is 1. The molecule has 0 aromatic carbocycles. The van der Waals surface area contributed by atoms with E-state index in [9.17, 15) is 9.59 Å². The maximum Gasteiger partial charge on any atom is 0.308 e. The fourth-order valence-electron chi connectivity index (χ4n) is 3.59. The van der Waals surface area contributed by atoms with Crippen molar-refractivity contribution in [3.05, 3.63) is 23.9 Å². The fraction of sp³-hybridized carbons (Fsp3) is 0.611. The van der Waals surface area contributed by atoms with E-state index in [1.807, 2.05) is 6.07 Å². The lowest BCUT2D eigenvalue weighted by Crippen LogP contribution is -2.62. The zero-order valence-electron chi connectivity index (χ0n) is 14.7. The van der Waals surface area contributed by atoms with Crippen LogP contribution in [0.5, 0.6) is 5.88 Å². The number of hydrogen-bond acceptors (Lipinski definition) is 6. The number of carbonyl (C=O) groups excluding carboxylic acids is 2. The Labute approximate surface area is 147 Å². The molecule has 2 fully saturated rings. The summed E-state index contributed by atoms with van der Waals surface area (Å²) in [7, 11) is 1.54. The van der Waals surface area contributed by atoms with Crippen LogP contribution in [0.4, 0.5) is 0 Å². The van der Waals surface area contributed by atoms with Crippen LogP contribution in [0, 0.1) is 11.3 Å². The average Bonchev–Trinajstić information content (AvgIpc) is 2.52. The molecule has 1 aliphatic carbocycles. The highest BCUT2D eigenvalue weighted by atomic mass is 16.5. The molecule has 1 aromatic heterocycles. The molecule has 1 aromatic rings. The monoisotopic (exact) mass is 347 g/mol. The molecule has 7 heteroatoms. The molecule has 1 saturated heterocycles. The predicted octanol–water partition coefficient (Wildman–Crippen LogP) is 1.20. The molecule has 3 rings (SSSR count). The summed E-state index contributed by atoms with van der Waals surface area (Å²) in [4.78, 5) is 28.7. The molecule has 1 aliphatic heterocycles. The number of ether oxygens (including phenoxy) is 2. The number of amides is 1. The van der Waals surface area contributed by atoms with Gasteiger partial charge in [-0.15, -0.1) is 0 Å². The molecule has 1 atom stereocenters. The van der Waals surface area contributed by atoms with Crippen LogP contribution in [0.3, 0.4) is 0 Å². The molecule has 2 heterocycles. The molecule has 0 bridgehead atoms. The van der Waals surface area contributed by atoms with Gasteiger partial charge in [0.15, 0.2) is 0 Å². The molecule has 1 amide bonds. The van der Waals surface area contributed by atoms with Gasteiger partial charge in [-0.2, -0.15) is 0 Å². The first kappa shape index (κ1) is 17.7. The van der Waals surface area contributed by atoms with Crippen molar-refractivity contribution in [3.8, 4) is 5.88 Å². The minimum atomic E-state index is -0.443. The first-order valence-corrected chi connectivity index (χ1v) is 8.72. The zero-order valence-corrected chi connectivity index (χ0v) is 14.7. The summed E-state index contributed by atoms with van der Waals surface area (Å²) in [5.41, 5.74) is 1.10. The Morgan fingerprint density at radius 3 is 2.68 bits per heavy atom. The van der Waals surface area contributed by atoms with Crippen molar-refractivity contribution >= 4 is 11.9 Å². The van der Waals surface area contributed by atoms with Crippen molar-refractivity contribution in [2.45, 2.75) is 32.2 Å². The Kier molecular flexibility index (Phi) is 5.22. The van der Waals surface area contributed by atoms with Crippen LogP contribution < -0.4 is 15.4 Å². The van der Waals surface area contributed by atoms with E-state index in [0.717, 1.165) is 31.5 Å². The van der Waals surface area contributed by atoms with Crippen molar-refractivity contribution in [3.63, 3.8) is 0 Å². The lowest BCUT2D eigenvalue weighted by Gasteiger charge is -2.53. The van der Waals surface area contributed by atoms with Crippen molar-refractivity contribution in [2.75, 3.05) is 26.8 Å². The van der Waals surface area contributed by atoms with Gasteiger partial charge in [-0.05, 0) is 30.7 Å². The summed E-state index contributed by atoms with van der Waals surface area (Å²) in [5, 5.41) is 6.27. The lowest BCUT2D eigenvalue weighted by molar-refractivity contribution is -0.144. The number of methoxy groups -OCH3 is 1. The highest BCUT2D eigenvalue weighted by Crippen LogP contribution is 2.48. The van der Waals surface area contributed by atoms with Crippen LogP contribution in [0.25, 0.3) is 0 Å². The molecular formula is C18H25N3O4. The number of esters is 1. The predicted molar refractivity (Wildman–Crippen MR) is 90.9 cm³/mol. The van der Waals surface area contributed by atoms with Gasteiger partial charge >= 0.3 is 5.97 Å². The van der Waals surface area contributed by atoms with E-state index < -0.39 is 6.04 Å². The quantitative estimate of drug-likeness (QED) is 0.721. The standard InChI is InChI=1S/C18H25N3O4/c1-3-25-16(22)6-14(12-4-5-15(24-2)20-9-12)21-17(23)13-7-18(8-13)10-19-11-18/h4-5,9,13-14,19H,3,6-8,10-11H2,1-2H3,(H,21,23)/t14-/m0/s1. The lowest BCUT2D eigenvalue weighted by atomic mass is 9.58. The Hall–Kier alpha value is -2.15. The van der Waals surface area contributed by atoms with Crippen LogP contribution in [0.15, 0.2) is 18.3 Å². The maximum atomic E-state index is 12.6. The summed E-state index contributed by atoms with van der Waals surface area (Å²) in [6, 6.07) is 3.09. The zero-order chi connectivity index (χ0) is 17.9. The summed E-state index contributed by atoms with van der Waals surface area (Å²) in [6.07, 6.45) is 3.55. The topological polar surface area (TPSA) is 89.5 Å². The van der Waals surface area contributed by atoms with Crippen molar-refractivity contribution in [1.29, 1.82) is 0 Å². The summed E-state index contributed by atoms with van der Waals surface area (Å²) in [5.74, 6) is 0.181. The van der Waals surface area contributed by atoms with Crippen LogP contribution in [0.1, 0.15) is 37.8 Å². The Balaban J connectivity index is 1.64. The molecule has 1 saturated carbocycles. The van der Waals surface area contributed by atoms with Crippen molar-refractivity contribution in [2.24, 2.45) is 11.3 Å². The first-order chi connectivity index (χ1) is 12.0. The molecule has 7 nitrogen and oxygen atoms in total. The third-order valence-corrected chi connectivity index (χ3v) is 5.09. The summed E-state index contributed by atoms with van der Waals surface area (Å²) in [6.45, 7) is 4.09. The molecule has 0 radical (unpaired) electrons. The van der Waals surface area contributed by atoms with Crippen molar-refractivity contribution in [1.82, 2.24) is 15.6 Å². The van der Waals surface area contributed by atoms with Gasteiger partial charge in [0, 0.05) is 31.3 Å². The second-order valence-corrected chi connectivity index (χ2v) is 6.91. The minimum absolute atomic E-state index is 0.00245. The molecule has 136 valence electrons. The summed E-state index contributed by atoms with van der Waals surface area (Å²) < 4.78 is 10.1. The van der Waals surface area contributed by atoms with E-state index in [-0.39, 0.29) is 24.2 Å². The van der Waals surface area contributed by atoms with E-state index >= 15 is 0 Å². The van der Waals surface area contributed by atoms with Gasteiger partial charge in [-0.25, -0.2) is 4.98 Å². The fourth-order valence-corrected chi connectivity index (χ4v) is 3.59. The number of nitrogens with zero attached hydrogens (tertiary/aromatic N) is 1. The van der Waals surface area contributed by atoms with Gasteiger partial charge in [-0.1, -0.05) is 6.07 Å². The minimum Gasteiger partial charge on any atom is -0.481 e. The van der Waals surface area contributed by atoms with Gasteiger partial charge in [0.05, 0.1) is 26.2 Å². The average molecular weight is 347 g/mol. The van der Waals surface area contributed by atoms with Gasteiger partial charge in [0.25, 0.3) is 0 Å². The normalized spacial score (nSPS) is 19.4.